The molecule has 0 aliphatic heterocycles. The molecule has 33 heavy (non-hydrogen) atoms. The van der Waals surface area contributed by atoms with Crippen molar-refractivity contribution in [1.82, 2.24) is 0 Å². The number of hydrogen-bond donors (Lipinski definition) is 2. The molecule has 7 nitrogen and oxygen atoms in total. The molecular weight excluding hydrogens is 440 g/mol. The molecule has 0 saturated heterocycles. The topological polar surface area (TPSA) is 95.9 Å². The van der Waals surface area contributed by atoms with Gasteiger partial charge in [-0.15, -0.1) is 0 Å². The third kappa shape index (κ3) is 6.57. The summed E-state index contributed by atoms with van der Waals surface area (Å²) in [7, 11) is -3.90. The predicted octanol–water partition coefficient (Wildman–Crippen LogP) is 3.90. The number of nitrogens with one attached hydrogen (secondary N) is 1. The molecule has 0 bridgehead atoms. The van der Waals surface area contributed by atoms with E-state index < -0.39 is 16.1 Å². The van der Waals surface area contributed by atoms with Gasteiger partial charge in [-0.3, -0.25) is 9.10 Å². The Bertz CT molecular complexity index is 1170. The predicted molar refractivity (Wildman–Crippen MR) is 129 cm³/mol. The van der Waals surface area contributed by atoms with Gasteiger partial charge in [0, 0.05) is 12.6 Å². The van der Waals surface area contributed by atoms with Gasteiger partial charge in [-0.05, 0) is 62.4 Å². The lowest BCUT2D eigenvalue weighted by atomic mass is 10.2. The first-order valence-electron chi connectivity index (χ1n) is 10.5. The minimum absolute atomic E-state index is 0.106. The minimum atomic E-state index is -3.90. The highest BCUT2D eigenvalue weighted by molar-refractivity contribution is 7.92. The summed E-state index contributed by atoms with van der Waals surface area (Å²) in [6, 6.07) is 20.4. The summed E-state index contributed by atoms with van der Waals surface area (Å²) in [6.07, 6.45) is -1.08. The van der Waals surface area contributed by atoms with Crippen LogP contribution in [0.4, 0.5) is 11.4 Å². The Kier molecular flexibility index (Phi) is 7.73. The largest absolute Gasteiger partial charge is 0.491 e. The van der Waals surface area contributed by atoms with Crippen molar-refractivity contribution in [2.24, 2.45) is 0 Å². The number of amides is 1. The van der Waals surface area contributed by atoms with Gasteiger partial charge in [-0.1, -0.05) is 35.4 Å². The molecule has 0 spiro atoms. The lowest BCUT2D eigenvalue weighted by molar-refractivity contribution is -0.114. The Hall–Kier alpha value is -3.36. The molecule has 8 heteroatoms. The fourth-order valence-electron chi connectivity index (χ4n) is 3.17. The number of ether oxygens (including phenoxy) is 1. The van der Waals surface area contributed by atoms with Crippen molar-refractivity contribution in [3.8, 4) is 5.75 Å². The summed E-state index contributed by atoms with van der Waals surface area (Å²) in [5.74, 6) is 0.316. The second-order valence-electron chi connectivity index (χ2n) is 7.86. The number of nitrogens with zero attached hydrogens (tertiary/aromatic N) is 1. The maximum atomic E-state index is 13.4. The zero-order chi connectivity index (χ0) is 24.0. The van der Waals surface area contributed by atoms with Gasteiger partial charge in [-0.25, -0.2) is 8.42 Å². The van der Waals surface area contributed by atoms with E-state index in [0.717, 1.165) is 11.1 Å². The maximum absolute atomic E-state index is 13.4. The molecule has 0 radical (unpaired) electrons. The first kappa shape index (κ1) is 24.3. The van der Waals surface area contributed by atoms with Crippen molar-refractivity contribution in [2.75, 3.05) is 22.8 Å². The highest BCUT2D eigenvalue weighted by Crippen LogP contribution is 2.25. The first-order valence-corrected chi connectivity index (χ1v) is 11.9. The van der Waals surface area contributed by atoms with E-state index in [4.69, 9.17) is 4.74 Å². The highest BCUT2D eigenvalue weighted by atomic mass is 32.2. The fraction of sp³-hybridized carbons (Fsp3) is 0.240. The standard InChI is InChI=1S/C25H28N2O5S/c1-18-4-10-22(11-5-18)27(33(30,31)25-14-6-19(2)7-15-25)16-23(29)17-32-24-12-8-21(9-13-24)26-20(3)28/h4-15,23,29H,16-17H2,1-3H3,(H,26,28). The Balaban J connectivity index is 1.76. The Morgan fingerprint density at radius 1 is 0.939 bits per heavy atom. The monoisotopic (exact) mass is 468 g/mol. The number of aliphatic hydroxyl groups is 1. The van der Waals surface area contributed by atoms with Gasteiger partial charge < -0.3 is 15.2 Å². The number of carbonyl (C=O) groups is 1. The fourth-order valence-corrected chi connectivity index (χ4v) is 4.67. The van der Waals surface area contributed by atoms with Gasteiger partial charge in [0.25, 0.3) is 10.0 Å². The van der Waals surface area contributed by atoms with Crippen molar-refractivity contribution < 1.29 is 23.1 Å². The summed E-state index contributed by atoms with van der Waals surface area (Å²) in [4.78, 5) is 11.3. The van der Waals surface area contributed by atoms with Crippen molar-refractivity contribution in [3.05, 3.63) is 83.9 Å². The summed E-state index contributed by atoms with van der Waals surface area (Å²) >= 11 is 0. The molecule has 0 aliphatic rings. The number of anilines is 2. The van der Waals surface area contributed by atoms with Crippen LogP contribution in [-0.2, 0) is 14.8 Å². The van der Waals surface area contributed by atoms with Crippen LogP contribution in [-0.4, -0.2) is 38.7 Å². The first-order chi connectivity index (χ1) is 15.6. The van der Waals surface area contributed by atoms with E-state index in [1.54, 1.807) is 60.7 Å². The highest BCUT2D eigenvalue weighted by Gasteiger charge is 2.27. The quantitative estimate of drug-likeness (QED) is 0.497. The summed E-state index contributed by atoms with van der Waals surface area (Å²) in [5, 5.41) is 13.3. The molecule has 0 aliphatic carbocycles. The van der Waals surface area contributed by atoms with Crippen molar-refractivity contribution >= 4 is 27.3 Å². The van der Waals surface area contributed by atoms with Crippen LogP contribution < -0.4 is 14.4 Å². The molecule has 1 unspecified atom stereocenters. The molecule has 2 N–H and O–H groups in total. The van der Waals surface area contributed by atoms with E-state index in [9.17, 15) is 18.3 Å². The molecule has 3 aromatic carbocycles. The Labute approximate surface area is 194 Å². The van der Waals surface area contributed by atoms with E-state index in [-0.39, 0.29) is 24.0 Å². The molecule has 0 heterocycles. The molecule has 1 amide bonds. The number of carbonyl (C=O) groups excluding carboxylic acids is 1. The molecule has 0 aromatic heterocycles. The number of aliphatic hydroxyl groups excluding tert-OH is 1. The van der Waals surface area contributed by atoms with Gasteiger partial charge in [0.05, 0.1) is 17.1 Å². The molecule has 0 saturated carbocycles. The van der Waals surface area contributed by atoms with E-state index in [1.807, 2.05) is 26.0 Å². The second-order valence-corrected chi connectivity index (χ2v) is 9.72. The zero-order valence-electron chi connectivity index (χ0n) is 18.9. The number of aryl methyl sites for hydroxylation is 2. The number of benzene rings is 3. The average Bonchev–Trinajstić information content (AvgIpc) is 2.77. The van der Waals surface area contributed by atoms with E-state index in [0.29, 0.717) is 17.1 Å². The van der Waals surface area contributed by atoms with Crippen molar-refractivity contribution in [3.63, 3.8) is 0 Å². The molecule has 0 fully saturated rings. The van der Waals surface area contributed by atoms with Crippen LogP contribution >= 0.6 is 0 Å². The van der Waals surface area contributed by atoms with Gasteiger partial charge >= 0.3 is 0 Å². The Morgan fingerprint density at radius 2 is 1.48 bits per heavy atom. The normalized spacial score (nSPS) is 12.1. The van der Waals surface area contributed by atoms with E-state index in [2.05, 4.69) is 5.32 Å². The van der Waals surface area contributed by atoms with E-state index in [1.165, 1.54) is 11.2 Å². The average molecular weight is 469 g/mol. The van der Waals surface area contributed by atoms with Gasteiger partial charge in [0.1, 0.15) is 18.5 Å². The molecule has 174 valence electrons. The second kappa shape index (κ2) is 10.5. The van der Waals surface area contributed by atoms with Crippen LogP contribution in [0.25, 0.3) is 0 Å². The Morgan fingerprint density at radius 3 is 2.03 bits per heavy atom. The van der Waals surface area contributed by atoms with Gasteiger partial charge in [0.15, 0.2) is 0 Å². The third-order valence-electron chi connectivity index (χ3n) is 4.92. The zero-order valence-corrected chi connectivity index (χ0v) is 19.7. The van der Waals surface area contributed by atoms with Crippen molar-refractivity contribution in [1.29, 1.82) is 0 Å². The third-order valence-corrected chi connectivity index (χ3v) is 6.73. The van der Waals surface area contributed by atoms with Crippen LogP contribution in [0.2, 0.25) is 0 Å². The van der Waals surface area contributed by atoms with Gasteiger partial charge in [-0.2, -0.15) is 0 Å². The van der Waals surface area contributed by atoms with Crippen LogP contribution in [0.3, 0.4) is 0 Å². The van der Waals surface area contributed by atoms with Crippen LogP contribution in [0, 0.1) is 13.8 Å². The number of rotatable bonds is 9. The van der Waals surface area contributed by atoms with Crippen molar-refractivity contribution in [2.45, 2.75) is 31.8 Å². The minimum Gasteiger partial charge on any atom is -0.491 e. The number of sulfonamides is 1. The molecule has 3 aromatic rings. The van der Waals surface area contributed by atoms with E-state index >= 15 is 0 Å². The summed E-state index contributed by atoms with van der Waals surface area (Å²) in [5.41, 5.74) is 3.04. The lowest BCUT2D eigenvalue weighted by Gasteiger charge is -2.27. The lowest BCUT2D eigenvalue weighted by Crippen LogP contribution is -2.39. The molecule has 1 atom stereocenters. The number of hydrogen-bond acceptors (Lipinski definition) is 5. The summed E-state index contributed by atoms with van der Waals surface area (Å²) in [6.45, 7) is 4.94. The van der Waals surface area contributed by atoms with Crippen LogP contribution in [0.1, 0.15) is 18.1 Å². The van der Waals surface area contributed by atoms with Crippen LogP contribution in [0.5, 0.6) is 5.75 Å². The smallest absolute Gasteiger partial charge is 0.264 e. The molecule has 3 rings (SSSR count). The SMILES string of the molecule is CC(=O)Nc1ccc(OCC(O)CN(c2ccc(C)cc2)S(=O)(=O)c2ccc(C)cc2)cc1. The van der Waals surface area contributed by atoms with Crippen LogP contribution in [0.15, 0.2) is 77.7 Å². The van der Waals surface area contributed by atoms with Gasteiger partial charge in [0.2, 0.25) is 5.91 Å². The maximum Gasteiger partial charge on any atom is 0.264 e. The molecular formula is C25H28N2O5S. The summed E-state index contributed by atoms with van der Waals surface area (Å²) < 4.78 is 33.6.